The molecule has 3 rings (SSSR count). The molecule has 19 heavy (non-hydrogen) atoms. The van der Waals surface area contributed by atoms with Crippen LogP contribution >= 0.6 is 0 Å². The van der Waals surface area contributed by atoms with E-state index in [9.17, 15) is 9.59 Å². The second kappa shape index (κ2) is 5.16. The fourth-order valence-electron chi connectivity index (χ4n) is 3.22. The van der Waals surface area contributed by atoms with Crippen LogP contribution in [-0.2, 0) is 16.0 Å². The van der Waals surface area contributed by atoms with Gasteiger partial charge in [-0.1, -0.05) is 18.2 Å². The number of carbonyl (C=O) groups excluding carboxylic acids is 2. The Hall–Kier alpha value is -1.64. The van der Waals surface area contributed by atoms with Gasteiger partial charge in [-0.25, -0.2) is 0 Å². The topological polar surface area (TPSA) is 37.4 Å². The summed E-state index contributed by atoms with van der Waals surface area (Å²) in [6.45, 7) is 0.687. The molecule has 1 amide bonds. The van der Waals surface area contributed by atoms with Crippen molar-refractivity contribution in [1.29, 1.82) is 0 Å². The van der Waals surface area contributed by atoms with Gasteiger partial charge in [-0.3, -0.25) is 9.59 Å². The van der Waals surface area contributed by atoms with Crippen LogP contribution in [0.25, 0.3) is 0 Å². The minimum absolute atomic E-state index is 0.182. The number of aryl methyl sites for hydroxylation is 1. The van der Waals surface area contributed by atoms with Crippen molar-refractivity contribution in [2.75, 3.05) is 11.4 Å². The summed E-state index contributed by atoms with van der Waals surface area (Å²) >= 11 is 0. The molecule has 0 radical (unpaired) electrons. The number of fused-ring (bicyclic) bond motifs is 1. The molecule has 1 aliphatic heterocycles. The van der Waals surface area contributed by atoms with Gasteiger partial charge in [0, 0.05) is 31.0 Å². The Kier molecular flexibility index (Phi) is 3.36. The highest BCUT2D eigenvalue weighted by atomic mass is 16.2. The smallest absolute Gasteiger partial charge is 0.227 e. The number of para-hydroxylation sites is 1. The summed E-state index contributed by atoms with van der Waals surface area (Å²) in [4.78, 5) is 25.6. The van der Waals surface area contributed by atoms with Crippen molar-refractivity contribution in [2.24, 2.45) is 5.92 Å². The average molecular weight is 257 g/mol. The highest BCUT2D eigenvalue weighted by Crippen LogP contribution is 2.30. The molecule has 1 saturated carbocycles. The highest BCUT2D eigenvalue weighted by molar-refractivity contribution is 5.96. The maximum absolute atomic E-state index is 12.1. The molecule has 0 bridgehead atoms. The lowest BCUT2D eigenvalue weighted by Gasteiger charge is -2.30. The van der Waals surface area contributed by atoms with Gasteiger partial charge in [-0.15, -0.1) is 0 Å². The predicted octanol–water partition coefficient (Wildman–Crippen LogP) is 2.73. The lowest BCUT2D eigenvalue weighted by molar-refractivity contribution is -0.121. The number of hydrogen-bond acceptors (Lipinski definition) is 2. The Morgan fingerprint density at radius 3 is 2.74 bits per heavy atom. The number of hydrogen-bond donors (Lipinski definition) is 0. The second-order valence-electron chi connectivity index (χ2n) is 5.52. The zero-order chi connectivity index (χ0) is 13.2. The summed E-state index contributed by atoms with van der Waals surface area (Å²) < 4.78 is 0. The van der Waals surface area contributed by atoms with Gasteiger partial charge >= 0.3 is 0 Å². The number of amides is 1. The van der Waals surface area contributed by atoms with E-state index in [1.54, 1.807) is 0 Å². The lowest BCUT2D eigenvalue weighted by atomic mass is 9.98. The van der Waals surface area contributed by atoms with E-state index in [-0.39, 0.29) is 11.8 Å². The van der Waals surface area contributed by atoms with Crippen LogP contribution in [0.2, 0.25) is 0 Å². The molecule has 3 nitrogen and oxygen atoms in total. The molecule has 1 unspecified atom stereocenters. The predicted molar refractivity (Wildman–Crippen MR) is 74.1 cm³/mol. The average Bonchev–Trinajstić information content (AvgIpc) is 2.83. The van der Waals surface area contributed by atoms with Crippen molar-refractivity contribution in [3.05, 3.63) is 29.8 Å². The van der Waals surface area contributed by atoms with Crippen LogP contribution in [0.5, 0.6) is 0 Å². The van der Waals surface area contributed by atoms with Crippen molar-refractivity contribution in [2.45, 2.75) is 38.5 Å². The van der Waals surface area contributed by atoms with E-state index >= 15 is 0 Å². The van der Waals surface area contributed by atoms with Crippen LogP contribution in [0.4, 0.5) is 5.69 Å². The molecule has 1 fully saturated rings. The third-order valence-electron chi connectivity index (χ3n) is 4.32. The number of ketones is 1. The van der Waals surface area contributed by atoms with E-state index in [0.717, 1.165) is 37.8 Å². The lowest BCUT2D eigenvalue weighted by Crippen LogP contribution is -2.36. The highest BCUT2D eigenvalue weighted by Gasteiger charge is 2.28. The summed E-state index contributed by atoms with van der Waals surface area (Å²) in [6, 6.07) is 8.11. The van der Waals surface area contributed by atoms with Gasteiger partial charge in [-0.2, -0.15) is 0 Å². The normalized spacial score (nSPS) is 22.7. The number of benzene rings is 1. The Balaban J connectivity index is 1.73. The molecule has 0 saturated heterocycles. The Morgan fingerprint density at radius 1 is 1.11 bits per heavy atom. The molecule has 0 N–H and O–H groups in total. The van der Waals surface area contributed by atoms with Gasteiger partial charge in [0.05, 0.1) is 0 Å². The largest absolute Gasteiger partial charge is 0.312 e. The number of nitrogens with zero attached hydrogens (tertiary/aromatic N) is 1. The Bertz CT molecular complexity index is 509. The molecule has 1 aromatic rings. The third kappa shape index (κ3) is 2.42. The first-order valence-corrected chi connectivity index (χ1v) is 7.16. The van der Waals surface area contributed by atoms with E-state index in [2.05, 4.69) is 6.07 Å². The Morgan fingerprint density at radius 2 is 1.95 bits per heavy atom. The van der Waals surface area contributed by atoms with E-state index < -0.39 is 0 Å². The molecule has 1 aromatic carbocycles. The molecule has 1 heterocycles. The van der Waals surface area contributed by atoms with E-state index in [0.29, 0.717) is 18.7 Å². The van der Waals surface area contributed by atoms with E-state index in [1.165, 1.54) is 5.56 Å². The van der Waals surface area contributed by atoms with Gasteiger partial charge in [-0.05, 0) is 37.3 Å². The summed E-state index contributed by atoms with van der Waals surface area (Å²) in [6.07, 6.45) is 5.01. The van der Waals surface area contributed by atoms with Crippen molar-refractivity contribution in [3.63, 3.8) is 0 Å². The molecular weight excluding hydrogens is 238 g/mol. The maximum Gasteiger partial charge on any atom is 0.227 e. The molecule has 3 heteroatoms. The summed E-state index contributed by atoms with van der Waals surface area (Å²) in [5.41, 5.74) is 2.30. The summed E-state index contributed by atoms with van der Waals surface area (Å²) in [7, 11) is 0. The maximum atomic E-state index is 12.1. The fraction of sp³-hybridized carbons (Fsp3) is 0.500. The molecule has 0 aromatic heterocycles. The molecule has 1 aliphatic carbocycles. The first-order chi connectivity index (χ1) is 9.25. The van der Waals surface area contributed by atoms with Crippen LogP contribution in [0.15, 0.2) is 24.3 Å². The van der Waals surface area contributed by atoms with Crippen molar-refractivity contribution in [1.82, 2.24) is 0 Å². The molecular formula is C16H19NO2. The third-order valence-corrected chi connectivity index (χ3v) is 4.32. The molecule has 100 valence electrons. The van der Waals surface area contributed by atoms with Crippen LogP contribution in [0.1, 0.15) is 37.7 Å². The minimum atomic E-state index is 0.182. The monoisotopic (exact) mass is 257 g/mol. The fourth-order valence-corrected chi connectivity index (χ4v) is 3.22. The van der Waals surface area contributed by atoms with Gasteiger partial charge in [0.1, 0.15) is 5.78 Å². The summed E-state index contributed by atoms with van der Waals surface area (Å²) in [5, 5.41) is 0. The van der Waals surface area contributed by atoms with Gasteiger partial charge in [0.15, 0.2) is 0 Å². The summed E-state index contributed by atoms with van der Waals surface area (Å²) in [5.74, 6) is 0.767. The van der Waals surface area contributed by atoms with Crippen LogP contribution in [0.3, 0.4) is 0 Å². The van der Waals surface area contributed by atoms with Gasteiger partial charge in [0.25, 0.3) is 0 Å². The molecule has 0 spiro atoms. The van der Waals surface area contributed by atoms with Crippen molar-refractivity contribution >= 4 is 17.4 Å². The second-order valence-corrected chi connectivity index (χ2v) is 5.52. The molecule has 1 atom stereocenters. The minimum Gasteiger partial charge on any atom is -0.312 e. The van der Waals surface area contributed by atoms with Crippen molar-refractivity contribution in [3.8, 4) is 0 Å². The first kappa shape index (κ1) is 12.4. The standard InChI is InChI=1S/C16H19NO2/c18-15-7-3-5-13(15)10-11-17-14-6-2-1-4-12(14)8-9-16(17)19/h1-2,4,6,13H,3,5,7-11H2. The zero-order valence-corrected chi connectivity index (χ0v) is 11.1. The van der Waals surface area contributed by atoms with E-state index in [4.69, 9.17) is 0 Å². The first-order valence-electron chi connectivity index (χ1n) is 7.16. The quantitative estimate of drug-likeness (QED) is 0.835. The van der Waals surface area contributed by atoms with Crippen LogP contribution in [-0.4, -0.2) is 18.2 Å². The zero-order valence-electron chi connectivity index (χ0n) is 11.1. The van der Waals surface area contributed by atoms with Crippen LogP contribution < -0.4 is 4.90 Å². The van der Waals surface area contributed by atoms with E-state index in [1.807, 2.05) is 23.1 Å². The SMILES string of the molecule is O=C1CCCC1CCN1C(=O)CCc2ccccc21. The Labute approximate surface area is 113 Å². The molecule has 2 aliphatic rings. The van der Waals surface area contributed by atoms with Gasteiger partial charge in [0.2, 0.25) is 5.91 Å². The number of Topliss-reactive ketones (excluding diaryl/α,β-unsaturated/α-hetero) is 1. The van der Waals surface area contributed by atoms with Crippen molar-refractivity contribution < 1.29 is 9.59 Å². The number of rotatable bonds is 3. The number of anilines is 1. The number of carbonyl (C=O) groups is 2. The van der Waals surface area contributed by atoms with Crippen LogP contribution in [0, 0.1) is 5.92 Å². The van der Waals surface area contributed by atoms with Gasteiger partial charge < -0.3 is 4.90 Å².